The monoisotopic (exact) mass is 550 g/mol. The summed E-state index contributed by atoms with van der Waals surface area (Å²) in [6.45, 7) is 9.90. The highest BCUT2D eigenvalue weighted by Gasteiger charge is 2.27. The third-order valence-electron chi connectivity index (χ3n) is 8.87. The van der Waals surface area contributed by atoms with Crippen molar-refractivity contribution in [3.8, 4) is 21.8 Å². The molecule has 3 aromatic heterocycles. The fraction of sp³-hybridized carbons (Fsp3) is 0.412. The van der Waals surface area contributed by atoms with E-state index in [1.54, 1.807) is 16.9 Å². The topological polar surface area (TPSA) is 43.2 Å². The van der Waals surface area contributed by atoms with Crippen LogP contribution >= 0.6 is 11.3 Å². The molecule has 2 aromatic carbocycles. The summed E-state index contributed by atoms with van der Waals surface area (Å²) in [6.07, 6.45) is 6.61. The first-order chi connectivity index (χ1) is 19.7. The fourth-order valence-corrected chi connectivity index (χ4v) is 7.80. The highest BCUT2D eigenvalue weighted by molar-refractivity contribution is 7.15. The standard InChI is InChI=1S/C34H38N4OS/c1-23-34(40-24(2)35-23)30-15-12-26-22-27(13-14-29(26)36-30)33-32(25-8-4-3-5-9-25)28-10-6-7-11-31(28)38(33)17-16-37-18-20-39-21-19-37/h6-7,10-15,22,25H,3-5,8-9,16-21H2,1-2H3. The summed E-state index contributed by atoms with van der Waals surface area (Å²) in [5, 5.41) is 3.72. The Kier molecular flexibility index (Phi) is 7.17. The lowest BCUT2D eigenvalue weighted by atomic mass is 9.82. The van der Waals surface area contributed by atoms with Gasteiger partial charge in [-0.25, -0.2) is 9.97 Å². The lowest BCUT2D eigenvalue weighted by Gasteiger charge is -2.27. The van der Waals surface area contributed by atoms with Crippen LogP contribution in [0.4, 0.5) is 0 Å². The van der Waals surface area contributed by atoms with E-state index < -0.39 is 0 Å². The Bertz CT molecular complexity index is 1660. The number of morpholine rings is 1. The highest BCUT2D eigenvalue weighted by Crippen LogP contribution is 2.44. The van der Waals surface area contributed by atoms with Crippen LogP contribution in [0.3, 0.4) is 0 Å². The zero-order chi connectivity index (χ0) is 27.1. The molecule has 0 radical (unpaired) electrons. The van der Waals surface area contributed by atoms with Gasteiger partial charge in [0.1, 0.15) is 0 Å². The molecule has 1 saturated heterocycles. The highest BCUT2D eigenvalue weighted by atomic mass is 32.1. The number of hydrogen-bond acceptors (Lipinski definition) is 5. The number of pyridine rings is 1. The second-order valence-corrected chi connectivity index (χ2v) is 12.7. The number of fused-ring (bicyclic) bond motifs is 2. The van der Waals surface area contributed by atoms with Crippen molar-refractivity contribution in [1.29, 1.82) is 0 Å². The predicted molar refractivity (Wildman–Crippen MR) is 166 cm³/mol. The van der Waals surface area contributed by atoms with Gasteiger partial charge < -0.3 is 9.30 Å². The normalized spacial score (nSPS) is 17.2. The Morgan fingerprint density at radius 2 is 1.73 bits per heavy atom. The van der Waals surface area contributed by atoms with Gasteiger partial charge in [-0.1, -0.05) is 49.6 Å². The molecule has 0 amide bonds. The molecule has 40 heavy (non-hydrogen) atoms. The van der Waals surface area contributed by atoms with Crippen LogP contribution in [0.5, 0.6) is 0 Å². The molecule has 0 bridgehead atoms. The van der Waals surface area contributed by atoms with Crippen molar-refractivity contribution < 1.29 is 4.74 Å². The zero-order valence-corrected chi connectivity index (χ0v) is 24.5. The second kappa shape index (κ2) is 11.1. The van der Waals surface area contributed by atoms with Crippen molar-refractivity contribution in [3.63, 3.8) is 0 Å². The van der Waals surface area contributed by atoms with E-state index in [-0.39, 0.29) is 0 Å². The van der Waals surface area contributed by atoms with Crippen LogP contribution in [-0.4, -0.2) is 52.3 Å². The number of aryl methyl sites for hydroxylation is 2. The molecule has 5 aromatic rings. The molecular weight excluding hydrogens is 512 g/mol. The van der Waals surface area contributed by atoms with Gasteiger partial charge in [0.2, 0.25) is 0 Å². The average molecular weight is 551 g/mol. The van der Waals surface area contributed by atoms with Crippen LogP contribution in [0.25, 0.3) is 43.6 Å². The molecule has 2 fully saturated rings. The molecule has 206 valence electrons. The smallest absolute Gasteiger partial charge is 0.0904 e. The largest absolute Gasteiger partial charge is 0.379 e. The molecular formula is C34H38N4OS. The average Bonchev–Trinajstić information content (AvgIpc) is 3.52. The van der Waals surface area contributed by atoms with Crippen molar-refractivity contribution in [2.45, 2.75) is 58.4 Å². The van der Waals surface area contributed by atoms with E-state index in [2.05, 4.69) is 82.9 Å². The minimum Gasteiger partial charge on any atom is -0.379 e. The van der Waals surface area contributed by atoms with Crippen molar-refractivity contribution in [3.05, 3.63) is 70.9 Å². The lowest BCUT2D eigenvalue weighted by molar-refractivity contribution is 0.0366. The summed E-state index contributed by atoms with van der Waals surface area (Å²) in [7, 11) is 0. The number of hydrogen-bond donors (Lipinski definition) is 0. The molecule has 6 heteroatoms. The number of benzene rings is 2. The Morgan fingerprint density at radius 1 is 0.900 bits per heavy atom. The number of rotatable bonds is 6. The van der Waals surface area contributed by atoms with E-state index in [4.69, 9.17) is 9.72 Å². The van der Waals surface area contributed by atoms with Crippen molar-refractivity contribution in [2.75, 3.05) is 32.8 Å². The fourth-order valence-electron chi connectivity index (χ4n) is 6.91. The SMILES string of the molecule is Cc1nc(C)c(-c2ccc3cc(-c4c(C5CCCCC5)c5ccccc5n4CCN4CCOCC4)ccc3n2)s1. The molecule has 7 rings (SSSR count). The molecule has 0 spiro atoms. The van der Waals surface area contributed by atoms with E-state index in [0.717, 1.165) is 61.3 Å². The maximum Gasteiger partial charge on any atom is 0.0904 e. The van der Waals surface area contributed by atoms with Crippen molar-refractivity contribution in [2.24, 2.45) is 0 Å². The number of aromatic nitrogens is 3. The summed E-state index contributed by atoms with van der Waals surface area (Å²) >= 11 is 1.73. The van der Waals surface area contributed by atoms with Crippen LogP contribution in [0, 0.1) is 13.8 Å². The molecule has 0 N–H and O–H groups in total. The van der Waals surface area contributed by atoms with E-state index in [9.17, 15) is 0 Å². The van der Waals surface area contributed by atoms with E-state index >= 15 is 0 Å². The van der Waals surface area contributed by atoms with E-state index in [0.29, 0.717) is 5.92 Å². The van der Waals surface area contributed by atoms with Gasteiger partial charge >= 0.3 is 0 Å². The molecule has 2 aliphatic rings. The number of para-hydroxylation sites is 1. The number of ether oxygens (including phenoxy) is 1. The van der Waals surface area contributed by atoms with Gasteiger partial charge in [-0.05, 0) is 68.0 Å². The molecule has 0 unspecified atom stereocenters. The summed E-state index contributed by atoms with van der Waals surface area (Å²) in [5.74, 6) is 0.618. The molecule has 0 atom stereocenters. The molecule has 1 aliphatic carbocycles. The summed E-state index contributed by atoms with van der Waals surface area (Å²) in [6, 6.07) is 20.5. The summed E-state index contributed by atoms with van der Waals surface area (Å²) < 4.78 is 8.25. The summed E-state index contributed by atoms with van der Waals surface area (Å²) in [4.78, 5) is 13.4. The second-order valence-electron chi connectivity index (χ2n) is 11.5. The Labute approximate surface area is 240 Å². The zero-order valence-electron chi connectivity index (χ0n) is 23.7. The first kappa shape index (κ1) is 25.9. The van der Waals surface area contributed by atoms with Crippen LogP contribution in [0.15, 0.2) is 54.6 Å². The maximum absolute atomic E-state index is 5.63. The Morgan fingerprint density at radius 3 is 2.52 bits per heavy atom. The number of nitrogens with zero attached hydrogens (tertiary/aromatic N) is 4. The van der Waals surface area contributed by atoms with Crippen molar-refractivity contribution in [1.82, 2.24) is 19.4 Å². The first-order valence-corrected chi connectivity index (χ1v) is 15.7. The van der Waals surface area contributed by atoms with Gasteiger partial charge in [0.25, 0.3) is 0 Å². The predicted octanol–water partition coefficient (Wildman–Crippen LogP) is 7.98. The minimum atomic E-state index is 0.618. The van der Waals surface area contributed by atoms with Gasteiger partial charge in [0, 0.05) is 42.5 Å². The van der Waals surface area contributed by atoms with Crippen LogP contribution in [-0.2, 0) is 11.3 Å². The Hall–Kier alpha value is -3.06. The summed E-state index contributed by atoms with van der Waals surface area (Å²) in [5.41, 5.74) is 8.79. The maximum atomic E-state index is 5.63. The van der Waals surface area contributed by atoms with E-state index in [1.165, 1.54) is 64.5 Å². The minimum absolute atomic E-state index is 0.618. The van der Waals surface area contributed by atoms with Gasteiger partial charge in [-0.3, -0.25) is 4.90 Å². The Balaban J connectivity index is 1.35. The van der Waals surface area contributed by atoms with Crippen LogP contribution in [0.2, 0.25) is 0 Å². The third kappa shape index (κ3) is 4.87. The molecule has 5 nitrogen and oxygen atoms in total. The molecule has 1 saturated carbocycles. The number of thiazole rings is 1. The molecule has 1 aliphatic heterocycles. The first-order valence-electron chi connectivity index (χ1n) is 14.9. The van der Waals surface area contributed by atoms with Crippen LogP contribution < -0.4 is 0 Å². The van der Waals surface area contributed by atoms with Gasteiger partial charge in [0.15, 0.2) is 0 Å². The van der Waals surface area contributed by atoms with E-state index in [1.807, 2.05) is 0 Å². The van der Waals surface area contributed by atoms with Gasteiger partial charge in [-0.15, -0.1) is 11.3 Å². The van der Waals surface area contributed by atoms with Crippen molar-refractivity contribution >= 4 is 33.1 Å². The van der Waals surface area contributed by atoms with Gasteiger partial charge in [-0.2, -0.15) is 0 Å². The lowest BCUT2D eigenvalue weighted by Crippen LogP contribution is -2.38. The molecule has 4 heterocycles. The van der Waals surface area contributed by atoms with Gasteiger partial charge in [0.05, 0.1) is 45.7 Å². The quantitative estimate of drug-likeness (QED) is 0.215. The third-order valence-corrected chi connectivity index (χ3v) is 9.96. The van der Waals surface area contributed by atoms with Crippen LogP contribution in [0.1, 0.15) is 54.3 Å².